The average molecular weight is 268 g/mol. The Labute approximate surface area is 119 Å². The lowest BCUT2D eigenvalue weighted by Gasteiger charge is -2.30. The number of benzene rings is 1. The maximum absolute atomic E-state index is 4.44. The molecule has 20 heavy (non-hydrogen) atoms. The molecule has 0 unspecified atom stereocenters. The summed E-state index contributed by atoms with van der Waals surface area (Å²) in [6, 6.07) is 8.69. The second kappa shape index (κ2) is 5.49. The molecule has 0 radical (unpaired) electrons. The van der Waals surface area contributed by atoms with Crippen LogP contribution in [0.2, 0.25) is 0 Å². The van der Waals surface area contributed by atoms with E-state index in [9.17, 15) is 0 Å². The monoisotopic (exact) mass is 268 g/mol. The molecule has 1 aliphatic heterocycles. The topological polar surface area (TPSA) is 41.0 Å². The van der Waals surface area contributed by atoms with E-state index in [1.807, 2.05) is 6.07 Å². The smallest absolute Gasteiger partial charge is 0.138 e. The number of rotatable bonds is 3. The fourth-order valence-corrected chi connectivity index (χ4v) is 2.74. The van der Waals surface area contributed by atoms with E-state index in [4.69, 9.17) is 0 Å². The van der Waals surface area contributed by atoms with Crippen LogP contribution < -0.4 is 10.2 Å². The molecule has 3 rings (SSSR count). The van der Waals surface area contributed by atoms with Gasteiger partial charge in [0.05, 0.1) is 0 Å². The number of aryl methyl sites for hydroxylation is 2. The molecule has 4 heteroatoms. The first-order valence-electron chi connectivity index (χ1n) is 7.21. The first-order valence-corrected chi connectivity index (χ1v) is 7.21. The third-order valence-electron chi connectivity index (χ3n) is 3.64. The van der Waals surface area contributed by atoms with E-state index >= 15 is 0 Å². The van der Waals surface area contributed by atoms with Gasteiger partial charge in [0.25, 0.3) is 0 Å². The number of nitrogens with one attached hydrogen (secondary N) is 1. The quantitative estimate of drug-likeness (QED) is 0.927. The highest BCUT2D eigenvalue weighted by Crippen LogP contribution is 2.33. The zero-order chi connectivity index (χ0) is 13.9. The molecule has 0 amide bonds. The highest BCUT2D eigenvalue weighted by atomic mass is 15.2. The van der Waals surface area contributed by atoms with Gasteiger partial charge in [-0.2, -0.15) is 0 Å². The Hall–Kier alpha value is -2.10. The van der Waals surface area contributed by atoms with Gasteiger partial charge in [0.2, 0.25) is 0 Å². The second-order valence-electron chi connectivity index (χ2n) is 5.18. The summed E-state index contributed by atoms with van der Waals surface area (Å²) in [6.45, 7) is 6.10. The number of anilines is 3. The minimum Gasteiger partial charge on any atom is -0.370 e. The van der Waals surface area contributed by atoms with Crippen molar-refractivity contribution in [3.63, 3.8) is 0 Å². The number of hydrogen-bond acceptors (Lipinski definition) is 4. The van der Waals surface area contributed by atoms with Gasteiger partial charge in [0, 0.05) is 24.8 Å². The maximum Gasteiger partial charge on any atom is 0.138 e. The molecule has 1 N–H and O–H groups in total. The molecule has 0 bridgehead atoms. The standard InChI is InChI=1S/C16H20N4/c1-3-17-15-10-16(19-11-18-15)20-8-4-5-13-9-12(2)6-7-14(13)20/h6-7,9-11H,3-5,8H2,1-2H3,(H,17,18,19). The molecular formula is C16H20N4. The summed E-state index contributed by atoms with van der Waals surface area (Å²) in [5.74, 6) is 1.86. The lowest BCUT2D eigenvalue weighted by molar-refractivity contribution is 0.757. The van der Waals surface area contributed by atoms with Crippen molar-refractivity contribution in [2.45, 2.75) is 26.7 Å². The molecule has 2 heterocycles. The molecule has 1 aromatic carbocycles. The first-order chi connectivity index (χ1) is 9.78. The highest BCUT2D eigenvalue weighted by molar-refractivity contribution is 5.67. The van der Waals surface area contributed by atoms with E-state index in [2.05, 4.69) is 52.2 Å². The lowest BCUT2D eigenvalue weighted by Crippen LogP contribution is -2.25. The predicted molar refractivity (Wildman–Crippen MR) is 82.7 cm³/mol. The number of hydrogen-bond donors (Lipinski definition) is 1. The Bertz CT molecular complexity index is 609. The molecule has 0 saturated carbocycles. The summed E-state index contributed by atoms with van der Waals surface area (Å²) in [4.78, 5) is 11.0. The summed E-state index contributed by atoms with van der Waals surface area (Å²) >= 11 is 0. The minimum absolute atomic E-state index is 0.867. The largest absolute Gasteiger partial charge is 0.370 e. The summed E-state index contributed by atoms with van der Waals surface area (Å²) < 4.78 is 0. The Morgan fingerprint density at radius 2 is 2.15 bits per heavy atom. The van der Waals surface area contributed by atoms with Gasteiger partial charge in [-0.05, 0) is 38.3 Å². The van der Waals surface area contributed by atoms with E-state index in [1.165, 1.54) is 16.8 Å². The van der Waals surface area contributed by atoms with Crippen LogP contribution in [-0.2, 0) is 6.42 Å². The molecule has 0 saturated heterocycles. The average Bonchev–Trinajstić information content (AvgIpc) is 2.47. The van der Waals surface area contributed by atoms with Gasteiger partial charge in [0.15, 0.2) is 0 Å². The number of nitrogens with zero attached hydrogens (tertiary/aromatic N) is 3. The van der Waals surface area contributed by atoms with Crippen LogP contribution in [0.5, 0.6) is 0 Å². The third-order valence-corrected chi connectivity index (χ3v) is 3.64. The van der Waals surface area contributed by atoms with Crippen LogP contribution in [0.3, 0.4) is 0 Å². The van der Waals surface area contributed by atoms with Crippen LogP contribution in [0.25, 0.3) is 0 Å². The molecule has 2 aromatic rings. The predicted octanol–water partition coefficient (Wildman–Crippen LogP) is 3.30. The van der Waals surface area contributed by atoms with Crippen molar-refractivity contribution in [3.8, 4) is 0 Å². The molecule has 1 aliphatic rings. The van der Waals surface area contributed by atoms with Gasteiger partial charge in [-0.3, -0.25) is 0 Å². The summed E-state index contributed by atoms with van der Waals surface area (Å²) in [7, 11) is 0. The lowest BCUT2D eigenvalue weighted by atomic mass is 9.99. The SMILES string of the molecule is CCNc1cc(N2CCCc3cc(C)ccc32)ncn1. The van der Waals surface area contributed by atoms with Gasteiger partial charge in [-0.25, -0.2) is 9.97 Å². The minimum atomic E-state index is 0.867. The van der Waals surface area contributed by atoms with Gasteiger partial charge < -0.3 is 10.2 Å². The van der Waals surface area contributed by atoms with Crippen molar-refractivity contribution in [3.05, 3.63) is 41.7 Å². The van der Waals surface area contributed by atoms with Crippen LogP contribution in [0.15, 0.2) is 30.6 Å². The Morgan fingerprint density at radius 3 is 3.00 bits per heavy atom. The normalized spacial score (nSPS) is 14.0. The van der Waals surface area contributed by atoms with Crippen molar-refractivity contribution in [2.24, 2.45) is 0 Å². The van der Waals surface area contributed by atoms with Crippen LogP contribution in [0, 0.1) is 6.92 Å². The summed E-state index contributed by atoms with van der Waals surface area (Å²) in [6.07, 6.45) is 3.95. The molecular weight excluding hydrogens is 248 g/mol. The molecule has 0 aliphatic carbocycles. The molecule has 0 fully saturated rings. The van der Waals surface area contributed by atoms with Gasteiger partial charge in [0.1, 0.15) is 18.0 Å². The van der Waals surface area contributed by atoms with E-state index in [-0.39, 0.29) is 0 Å². The summed E-state index contributed by atoms with van der Waals surface area (Å²) in [5, 5.41) is 3.24. The van der Waals surface area contributed by atoms with Crippen LogP contribution >= 0.6 is 0 Å². The zero-order valence-electron chi connectivity index (χ0n) is 12.1. The van der Waals surface area contributed by atoms with Crippen molar-refractivity contribution >= 4 is 17.3 Å². The first kappa shape index (κ1) is 12.9. The third kappa shape index (κ3) is 2.46. The van der Waals surface area contributed by atoms with E-state index in [1.54, 1.807) is 6.33 Å². The summed E-state index contributed by atoms with van der Waals surface area (Å²) in [5.41, 5.74) is 4.02. The van der Waals surface area contributed by atoms with Crippen molar-refractivity contribution < 1.29 is 0 Å². The van der Waals surface area contributed by atoms with Crippen LogP contribution in [0.1, 0.15) is 24.5 Å². The molecule has 4 nitrogen and oxygen atoms in total. The Morgan fingerprint density at radius 1 is 1.25 bits per heavy atom. The van der Waals surface area contributed by atoms with Crippen molar-refractivity contribution in [2.75, 3.05) is 23.3 Å². The Balaban J connectivity index is 1.98. The Kier molecular flexibility index (Phi) is 3.54. The number of aromatic nitrogens is 2. The fraction of sp³-hybridized carbons (Fsp3) is 0.375. The molecule has 1 aromatic heterocycles. The van der Waals surface area contributed by atoms with Crippen molar-refractivity contribution in [1.82, 2.24) is 9.97 Å². The van der Waals surface area contributed by atoms with Gasteiger partial charge in [-0.15, -0.1) is 0 Å². The van der Waals surface area contributed by atoms with Crippen molar-refractivity contribution in [1.29, 1.82) is 0 Å². The molecule has 0 spiro atoms. The van der Waals surface area contributed by atoms with Crippen LogP contribution in [0.4, 0.5) is 17.3 Å². The molecule has 0 atom stereocenters. The van der Waals surface area contributed by atoms with Gasteiger partial charge >= 0.3 is 0 Å². The highest BCUT2D eigenvalue weighted by Gasteiger charge is 2.19. The van der Waals surface area contributed by atoms with Crippen LogP contribution in [-0.4, -0.2) is 23.1 Å². The van der Waals surface area contributed by atoms with E-state index in [0.717, 1.165) is 37.6 Å². The second-order valence-corrected chi connectivity index (χ2v) is 5.18. The number of fused-ring (bicyclic) bond motifs is 1. The van der Waals surface area contributed by atoms with E-state index in [0.29, 0.717) is 0 Å². The molecule has 104 valence electrons. The van der Waals surface area contributed by atoms with E-state index < -0.39 is 0 Å². The maximum atomic E-state index is 4.44. The zero-order valence-corrected chi connectivity index (χ0v) is 12.1. The fourth-order valence-electron chi connectivity index (χ4n) is 2.74. The van der Waals surface area contributed by atoms with Gasteiger partial charge in [-0.1, -0.05) is 17.7 Å².